The van der Waals surface area contributed by atoms with Crippen LogP contribution in [0.5, 0.6) is 0 Å². The number of imide groups is 1. The van der Waals surface area contributed by atoms with Crippen molar-refractivity contribution in [3.63, 3.8) is 0 Å². The molecule has 11 heteroatoms. The fraction of sp³-hybridized carbons (Fsp3) is 0.250. The average Bonchev–Trinajstić information content (AvgIpc) is 2.65. The van der Waals surface area contributed by atoms with E-state index in [0.717, 1.165) is 18.2 Å². The Morgan fingerprint density at radius 3 is 2.42 bits per heavy atom. The molecule has 0 unspecified atom stereocenters. The summed E-state index contributed by atoms with van der Waals surface area (Å²) in [5.41, 5.74) is -0.0524. The Balaban J connectivity index is 2.12. The van der Waals surface area contributed by atoms with Crippen molar-refractivity contribution in [2.75, 3.05) is 11.3 Å². The molecule has 31 heavy (non-hydrogen) atoms. The molecule has 0 aliphatic heterocycles. The highest BCUT2D eigenvalue weighted by Crippen LogP contribution is 2.23. The molecular formula is C20H22FN3O6S. The summed E-state index contributed by atoms with van der Waals surface area (Å²) in [6, 6.07) is 7.88. The summed E-state index contributed by atoms with van der Waals surface area (Å²) in [7, 11) is -4.13. The summed E-state index contributed by atoms with van der Waals surface area (Å²) in [6.07, 6.45) is 0. The van der Waals surface area contributed by atoms with Crippen molar-refractivity contribution in [3.05, 3.63) is 59.4 Å². The normalized spacial score (nSPS) is 11.0. The minimum Gasteiger partial charge on any atom is -0.452 e. The summed E-state index contributed by atoms with van der Waals surface area (Å²) < 4.78 is 45.8. The second-order valence-electron chi connectivity index (χ2n) is 6.81. The Bertz CT molecular complexity index is 1100. The molecule has 0 radical (unpaired) electrons. The number of hydrogen-bond acceptors (Lipinski definition) is 6. The standard InChI is InChI=1S/C20H22FN3O6S/c1-12(2)22-20(27)23-18(25)11-30-19(26)15-6-4-5-7-16(15)24-31(28,29)17-9-8-14(21)10-13(17)3/h4-10,12,24H,11H2,1-3H3,(H2,22,23,25,27). The number of anilines is 1. The molecule has 0 saturated heterocycles. The van der Waals surface area contributed by atoms with Crippen molar-refractivity contribution in [1.29, 1.82) is 0 Å². The van der Waals surface area contributed by atoms with E-state index in [1.54, 1.807) is 13.8 Å². The summed E-state index contributed by atoms with van der Waals surface area (Å²) in [5.74, 6) is -2.42. The van der Waals surface area contributed by atoms with Crippen LogP contribution in [0, 0.1) is 12.7 Å². The van der Waals surface area contributed by atoms with E-state index in [9.17, 15) is 27.2 Å². The number of ether oxygens (including phenoxy) is 1. The maximum atomic E-state index is 13.3. The van der Waals surface area contributed by atoms with E-state index in [1.165, 1.54) is 31.2 Å². The second-order valence-corrected chi connectivity index (χ2v) is 8.46. The van der Waals surface area contributed by atoms with Crippen molar-refractivity contribution < 1.29 is 31.9 Å². The highest BCUT2D eigenvalue weighted by Gasteiger charge is 2.22. The Morgan fingerprint density at radius 2 is 1.77 bits per heavy atom. The summed E-state index contributed by atoms with van der Waals surface area (Å²) >= 11 is 0. The lowest BCUT2D eigenvalue weighted by Gasteiger charge is -2.14. The highest BCUT2D eigenvalue weighted by molar-refractivity contribution is 7.92. The first-order valence-electron chi connectivity index (χ1n) is 9.15. The summed E-state index contributed by atoms with van der Waals surface area (Å²) in [6.45, 7) is 4.10. The Hall–Kier alpha value is -3.47. The van der Waals surface area contributed by atoms with Gasteiger partial charge in [-0.3, -0.25) is 14.8 Å². The van der Waals surface area contributed by atoms with Crippen molar-refractivity contribution in [1.82, 2.24) is 10.6 Å². The van der Waals surface area contributed by atoms with Gasteiger partial charge in [-0.1, -0.05) is 12.1 Å². The Kier molecular flexibility index (Phi) is 7.70. The minimum absolute atomic E-state index is 0.0887. The molecule has 0 spiro atoms. The number of aryl methyl sites for hydroxylation is 1. The Morgan fingerprint density at radius 1 is 1.10 bits per heavy atom. The quantitative estimate of drug-likeness (QED) is 0.554. The van der Waals surface area contributed by atoms with Gasteiger partial charge in [0.15, 0.2) is 6.61 Å². The fourth-order valence-corrected chi connectivity index (χ4v) is 3.84. The van der Waals surface area contributed by atoms with Crippen molar-refractivity contribution >= 4 is 33.6 Å². The van der Waals surface area contributed by atoms with Gasteiger partial charge in [0.25, 0.3) is 15.9 Å². The second kappa shape index (κ2) is 10.0. The first-order chi connectivity index (χ1) is 14.5. The molecule has 0 bridgehead atoms. The first-order valence-corrected chi connectivity index (χ1v) is 10.6. The van der Waals surface area contributed by atoms with Crippen molar-refractivity contribution in [2.24, 2.45) is 0 Å². The van der Waals surface area contributed by atoms with Crippen LogP contribution >= 0.6 is 0 Å². The number of nitrogens with one attached hydrogen (secondary N) is 3. The number of carbonyl (C=O) groups excluding carboxylic acids is 3. The zero-order chi connectivity index (χ0) is 23.2. The van der Waals surface area contributed by atoms with Crippen molar-refractivity contribution in [2.45, 2.75) is 31.7 Å². The van der Waals surface area contributed by atoms with Crippen LogP contribution < -0.4 is 15.4 Å². The monoisotopic (exact) mass is 451 g/mol. The summed E-state index contributed by atoms with van der Waals surface area (Å²) in [4.78, 5) is 35.5. The SMILES string of the molecule is Cc1cc(F)ccc1S(=O)(=O)Nc1ccccc1C(=O)OCC(=O)NC(=O)NC(C)C. The molecule has 2 aromatic rings. The zero-order valence-corrected chi connectivity index (χ0v) is 17.9. The van der Waals surface area contributed by atoms with E-state index in [0.29, 0.717) is 0 Å². The van der Waals surface area contributed by atoms with E-state index >= 15 is 0 Å². The molecule has 0 aromatic heterocycles. The Labute approximate surface area is 179 Å². The fourth-order valence-electron chi connectivity index (χ4n) is 2.53. The number of para-hydroxylation sites is 1. The van der Waals surface area contributed by atoms with Gasteiger partial charge in [-0.2, -0.15) is 0 Å². The number of sulfonamides is 1. The molecule has 9 nitrogen and oxygen atoms in total. The predicted octanol–water partition coefficient (Wildman–Crippen LogP) is 2.33. The van der Waals surface area contributed by atoms with Gasteiger partial charge in [0.2, 0.25) is 0 Å². The molecule has 0 fully saturated rings. The number of benzene rings is 2. The number of carbonyl (C=O) groups is 3. The maximum Gasteiger partial charge on any atom is 0.340 e. The highest BCUT2D eigenvalue weighted by atomic mass is 32.2. The molecule has 3 amide bonds. The van der Waals surface area contributed by atoms with Crippen LogP contribution in [0.25, 0.3) is 0 Å². The molecule has 0 atom stereocenters. The molecule has 166 valence electrons. The first kappa shape index (κ1) is 23.8. The number of halogens is 1. The van der Waals surface area contributed by atoms with Crippen LogP contribution in [0.2, 0.25) is 0 Å². The van der Waals surface area contributed by atoms with E-state index in [2.05, 4.69) is 10.0 Å². The number of urea groups is 1. The molecule has 0 aliphatic carbocycles. The lowest BCUT2D eigenvalue weighted by Crippen LogP contribution is -2.44. The van der Waals surface area contributed by atoms with Crippen LogP contribution in [-0.4, -0.2) is 39.0 Å². The average molecular weight is 451 g/mol. The van der Waals surface area contributed by atoms with Crippen LogP contribution in [0.15, 0.2) is 47.4 Å². The van der Waals surface area contributed by atoms with Crippen LogP contribution in [0.4, 0.5) is 14.9 Å². The third-order valence-electron chi connectivity index (χ3n) is 3.82. The third-order valence-corrected chi connectivity index (χ3v) is 5.35. The predicted molar refractivity (Wildman–Crippen MR) is 110 cm³/mol. The lowest BCUT2D eigenvalue weighted by molar-refractivity contribution is -0.123. The lowest BCUT2D eigenvalue weighted by atomic mass is 10.2. The van der Waals surface area contributed by atoms with Gasteiger partial charge in [-0.15, -0.1) is 0 Å². The smallest absolute Gasteiger partial charge is 0.340 e. The molecule has 0 saturated carbocycles. The molecule has 3 N–H and O–H groups in total. The van der Waals surface area contributed by atoms with Crippen LogP contribution in [0.1, 0.15) is 29.8 Å². The topological polar surface area (TPSA) is 131 Å². The molecule has 2 rings (SSSR count). The van der Waals surface area contributed by atoms with Gasteiger partial charge >= 0.3 is 12.0 Å². The van der Waals surface area contributed by atoms with E-state index in [4.69, 9.17) is 4.74 Å². The van der Waals surface area contributed by atoms with E-state index in [1.807, 2.05) is 5.32 Å². The molecular weight excluding hydrogens is 429 g/mol. The number of esters is 1. The molecule has 0 heterocycles. The van der Waals surface area contributed by atoms with E-state index in [-0.39, 0.29) is 27.8 Å². The van der Waals surface area contributed by atoms with Gasteiger partial charge < -0.3 is 10.1 Å². The number of rotatable bonds is 7. The molecule has 2 aromatic carbocycles. The summed E-state index contributed by atoms with van der Waals surface area (Å²) in [5, 5.41) is 4.43. The van der Waals surface area contributed by atoms with E-state index < -0.39 is 40.4 Å². The van der Waals surface area contributed by atoms with Crippen molar-refractivity contribution in [3.8, 4) is 0 Å². The zero-order valence-electron chi connectivity index (χ0n) is 17.1. The maximum absolute atomic E-state index is 13.3. The van der Waals surface area contributed by atoms with Gasteiger partial charge in [-0.25, -0.2) is 22.4 Å². The number of hydrogen-bond donors (Lipinski definition) is 3. The molecule has 0 aliphatic rings. The van der Waals surface area contributed by atoms with Gasteiger partial charge in [0, 0.05) is 6.04 Å². The van der Waals surface area contributed by atoms with Gasteiger partial charge in [0.05, 0.1) is 16.1 Å². The van der Waals surface area contributed by atoms with Gasteiger partial charge in [0.1, 0.15) is 5.82 Å². The van der Waals surface area contributed by atoms with Crippen LogP contribution in [0.3, 0.4) is 0 Å². The largest absolute Gasteiger partial charge is 0.452 e. The number of amides is 3. The minimum atomic E-state index is -4.13. The van der Waals surface area contributed by atoms with Crippen LogP contribution in [-0.2, 0) is 19.6 Å². The third kappa shape index (κ3) is 6.78. The van der Waals surface area contributed by atoms with Gasteiger partial charge in [-0.05, 0) is 56.7 Å².